The molecule has 0 aliphatic rings. The summed E-state index contributed by atoms with van der Waals surface area (Å²) in [6, 6.07) is 5.72. The third kappa shape index (κ3) is 2.91. The summed E-state index contributed by atoms with van der Waals surface area (Å²) in [5, 5.41) is 0. The summed E-state index contributed by atoms with van der Waals surface area (Å²) in [4.78, 5) is 0. The lowest BCUT2D eigenvalue weighted by Gasteiger charge is -2.08. The van der Waals surface area contributed by atoms with E-state index < -0.39 is 0 Å². The van der Waals surface area contributed by atoms with Gasteiger partial charge in [-0.05, 0) is 30.7 Å². The first kappa shape index (κ1) is 11.4. The predicted molar refractivity (Wildman–Crippen MR) is 60.2 cm³/mol. The van der Waals surface area contributed by atoms with E-state index in [-0.39, 0.29) is 0 Å². The van der Waals surface area contributed by atoms with Gasteiger partial charge < -0.3 is 14.2 Å². The van der Waals surface area contributed by atoms with E-state index in [9.17, 15) is 0 Å². The fourth-order valence-electron chi connectivity index (χ4n) is 1.24. The fraction of sp³-hybridized carbons (Fsp3) is 0.333. The van der Waals surface area contributed by atoms with Crippen molar-refractivity contribution in [1.29, 1.82) is 0 Å². The van der Waals surface area contributed by atoms with Crippen molar-refractivity contribution >= 4 is 6.08 Å². The lowest BCUT2D eigenvalue weighted by atomic mass is 10.2. The number of methoxy groups -OCH3 is 3. The summed E-state index contributed by atoms with van der Waals surface area (Å²) < 4.78 is 15.4. The van der Waals surface area contributed by atoms with Crippen LogP contribution in [0.3, 0.4) is 0 Å². The molecule has 0 unspecified atom stereocenters. The molecule has 0 bridgehead atoms. The molecule has 0 fully saturated rings. The van der Waals surface area contributed by atoms with Crippen LogP contribution in [0, 0.1) is 0 Å². The summed E-state index contributed by atoms with van der Waals surface area (Å²) in [6.45, 7) is 1.90. The molecule has 0 amide bonds. The van der Waals surface area contributed by atoms with E-state index in [1.54, 1.807) is 21.3 Å². The molecule has 0 spiro atoms. The van der Waals surface area contributed by atoms with Gasteiger partial charge in [0.15, 0.2) is 11.5 Å². The molecule has 3 nitrogen and oxygen atoms in total. The Labute approximate surface area is 90.3 Å². The Balaban J connectivity index is 3.03. The molecule has 1 aromatic carbocycles. The van der Waals surface area contributed by atoms with Gasteiger partial charge in [-0.3, -0.25) is 0 Å². The first-order chi connectivity index (χ1) is 7.21. The van der Waals surface area contributed by atoms with Gasteiger partial charge in [0.05, 0.1) is 27.1 Å². The van der Waals surface area contributed by atoms with Crippen molar-refractivity contribution in [3.8, 4) is 11.5 Å². The highest BCUT2D eigenvalue weighted by molar-refractivity contribution is 5.56. The van der Waals surface area contributed by atoms with Crippen LogP contribution in [0.4, 0.5) is 0 Å². The van der Waals surface area contributed by atoms with E-state index >= 15 is 0 Å². The maximum atomic E-state index is 5.20. The number of hydrogen-bond acceptors (Lipinski definition) is 3. The zero-order valence-corrected chi connectivity index (χ0v) is 9.53. The summed E-state index contributed by atoms with van der Waals surface area (Å²) in [6.07, 6.45) is 1.93. The maximum absolute atomic E-state index is 5.20. The van der Waals surface area contributed by atoms with Crippen molar-refractivity contribution in [2.75, 3.05) is 21.3 Å². The molecule has 15 heavy (non-hydrogen) atoms. The molecule has 82 valence electrons. The Morgan fingerprint density at radius 3 is 2.27 bits per heavy atom. The molecule has 0 saturated carbocycles. The van der Waals surface area contributed by atoms with Crippen LogP contribution in [0.1, 0.15) is 12.5 Å². The predicted octanol–water partition coefficient (Wildman–Crippen LogP) is 2.71. The Kier molecular flexibility index (Phi) is 4.03. The molecular formula is C12H16O3. The second kappa shape index (κ2) is 5.29. The molecular weight excluding hydrogens is 192 g/mol. The molecule has 0 aromatic heterocycles. The smallest absolute Gasteiger partial charge is 0.161 e. The number of rotatable bonds is 4. The zero-order chi connectivity index (χ0) is 11.3. The first-order valence-corrected chi connectivity index (χ1v) is 4.65. The van der Waals surface area contributed by atoms with Crippen molar-refractivity contribution in [2.45, 2.75) is 6.92 Å². The van der Waals surface area contributed by atoms with Crippen LogP contribution in [0.5, 0.6) is 11.5 Å². The lowest BCUT2D eigenvalue weighted by molar-refractivity contribution is 0.297. The summed E-state index contributed by atoms with van der Waals surface area (Å²) in [7, 11) is 4.88. The molecule has 0 N–H and O–H groups in total. The monoisotopic (exact) mass is 208 g/mol. The van der Waals surface area contributed by atoms with Crippen molar-refractivity contribution in [3.63, 3.8) is 0 Å². The summed E-state index contributed by atoms with van der Waals surface area (Å²) >= 11 is 0. The van der Waals surface area contributed by atoms with Crippen molar-refractivity contribution in [3.05, 3.63) is 29.5 Å². The molecule has 1 aromatic rings. The molecule has 1 rings (SSSR count). The van der Waals surface area contributed by atoms with Gasteiger partial charge in [-0.1, -0.05) is 6.07 Å². The third-order valence-electron chi connectivity index (χ3n) is 2.10. The molecule has 0 heterocycles. The average Bonchev–Trinajstić information content (AvgIpc) is 2.28. The van der Waals surface area contributed by atoms with Crippen LogP contribution >= 0.6 is 0 Å². The van der Waals surface area contributed by atoms with Crippen molar-refractivity contribution in [2.24, 2.45) is 0 Å². The van der Waals surface area contributed by atoms with Gasteiger partial charge in [-0.15, -0.1) is 0 Å². The third-order valence-corrected chi connectivity index (χ3v) is 2.10. The molecule has 0 saturated heterocycles. The Hall–Kier alpha value is -1.64. The van der Waals surface area contributed by atoms with Crippen molar-refractivity contribution in [1.82, 2.24) is 0 Å². The van der Waals surface area contributed by atoms with E-state index in [1.165, 1.54) is 0 Å². The van der Waals surface area contributed by atoms with Gasteiger partial charge in [0, 0.05) is 0 Å². The Bertz CT molecular complexity index is 356. The van der Waals surface area contributed by atoms with Crippen LogP contribution in [-0.2, 0) is 4.74 Å². The molecule has 0 atom stereocenters. The second-order valence-electron chi connectivity index (χ2n) is 3.07. The molecule has 0 aliphatic heterocycles. The number of benzene rings is 1. The Morgan fingerprint density at radius 1 is 1.07 bits per heavy atom. The van der Waals surface area contributed by atoms with Crippen LogP contribution in [0.2, 0.25) is 0 Å². The van der Waals surface area contributed by atoms with E-state index in [1.807, 2.05) is 31.2 Å². The summed E-state index contributed by atoms with van der Waals surface area (Å²) in [5.41, 5.74) is 1.02. The maximum Gasteiger partial charge on any atom is 0.161 e. The minimum absolute atomic E-state index is 0.718. The lowest BCUT2D eigenvalue weighted by Crippen LogP contribution is -1.90. The van der Waals surface area contributed by atoms with Crippen LogP contribution < -0.4 is 9.47 Å². The van der Waals surface area contributed by atoms with Gasteiger partial charge in [0.1, 0.15) is 0 Å². The van der Waals surface area contributed by atoms with Crippen molar-refractivity contribution < 1.29 is 14.2 Å². The van der Waals surface area contributed by atoms with Gasteiger partial charge in [-0.25, -0.2) is 0 Å². The minimum atomic E-state index is 0.718. The SMILES string of the molecule is COC(C)=Cc1ccc(OC)c(OC)c1. The highest BCUT2D eigenvalue weighted by Crippen LogP contribution is 2.28. The zero-order valence-electron chi connectivity index (χ0n) is 9.53. The molecule has 0 radical (unpaired) electrons. The average molecular weight is 208 g/mol. The normalized spacial score (nSPS) is 11.1. The van der Waals surface area contributed by atoms with E-state index in [4.69, 9.17) is 14.2 Å². The Morgan fingerprint density at radius 2 is 1.73 bits per heavy atom. The van der Waals surface area contributed by atoms with Gasteiger partial charge >= 0.3 is 0 Å². The van der Waals surface area contributed by atoms with Crippen LogP contribution in [0.25, 0.3) is 6.08 Å². The summed E-state index contributed by atoms with van der Waals surface area (Å²) in [5.74, 6) is 2.29. The van der Waals surface area contributed by atoms with Crippen LogP contribution in [-0.4, -0.2) is 21.3 Å². The number of ether oxygens (including phenoxy) is 3. The van der Waals surface area contributed by atoms with Crippen LogP contribution in [0.15, 0.2) is 24.0 Å². The largest absolute Gasteiger partial charge is 0.501 e. The quantitative estimate of drug-likeness (QED) is 0.712. The molecule has 0 aliphatic carbocycles. The van der Waals surface area contributed by atoms with E-state index in [2.05, 4.69) is 0 Å². The van der Waals surface area contributed by atoms with Gasteiger partial charge in [0.25, 0.3) is 0 Å². The van der Waals surface area contributed by atoms with E-state index in [0.29, 0.717) is 0 Å². The van der Waals surface area contributed by atoms with Gasteiger partial charge in [-0.2, -0.15) is 0 Å². The molecule has 3 heteroatoms. The minimum Gasteiger partial charge on any atom is -0.501 e. The van der Waals surface area contributed by atoms with E-state index in [0.717, 1.165) is 22.8 Å². The first-order valence-electron chi connectivity index (χ1n) is 4.65. The number of allylic oxidation sites excluding steroid dienone is 1. The highest BCUT2D eigenvalue weighted by atomic mass is 16.5. The topological polar surface area (TPSA) is 27.7 Å². The number of hydrogen-bond donors (Lipinski definition) is 0. The second-order valence-corrected chi connectivity index (χ2v) is 3.07. The highest BCUT2D eigenvalue weighted by Gasteiger charge is 2.03. The standard InChI is InChI=1S/C12H16O3/c1-9(13-2)7-10-5-6-11(14-3)12(8-10)15-4/h5-8H,1-4H3. The van der Waals surface area contributed by atoms with Gasteiger partial charge in [0.2, 0.25) is 0 Å². The fourth-order valence-corrected chi connectivity index (χ4v) is 1.24.